The molecule has 0 spiro atoms. The van der Waals surface area contributed by atoms with Crippen LogP contribution in [0.3, 0.4) is 0 Å². The lowest BCUT2D eigenvalue weighted by molar-refractivity contribution is -0.206. The lowest BCUT2D eigenvalue weighted by Crippen LogP contribution is -2.29. The molecular formula is C15H10Cl2F6N4O2. The molecule has 29 heavy (non-hydrogen) atoms. The number of aliphatic hydroxyl groups is 1. The molecule has 2 rings (SSSR count). The molecule has 0 saturated heterocycles. The van der Waals surface area contributed by atoms with Crippen molar-refractivity contribution in [3.8, 4) is 0 Å². The maximum Gasteiger partial charge on any atom is 0.451 e. The molecule has 0 radical (unpaired) electrons. The number of carbonyl (C=O) groups is 1. The number of urea groups is 1. The van der Waals surface area contributed by atoms with E-state index in [9.17, 15) is 36.2 Å². The van der Waals surface area contributed by atoms with Crippen LogP contribution in [-0.4, -0.2) is 27.3 Å². The van der Waals surface area contributed by atoms with E-state index >= 15 is 0 Å². The normalized spacial score (nSPS) is 13.1. The average molecular weight is 463 g/mol. The Hall–Kier alpha value is -2.31. The summed E-state index contributed by atoms with van der Waals surface area (Å²) in [5.41, 5.74) is -1.05. The van der Waals surface area contributed by atoms with Crippen LogP contribution in [0.15, 0.2) is 24.4 Å². The molecule has 158 valence electrons. The lowest BCUT2D eigenvalue weighted by Gasteiger charge is -2.17. The first kappa shape index (κ1) is 23.0. The number of amides is 2. The minimum atomic E-state index is -4.95. The minimum absolute atomic E-state index is 0.150. The van der Waals surface area contributed by atoms with Gasteiger partial charge in [0.25, 0.3) is 0 Å². The quantitative estimate of drug-likeness (QED) is 0.573. The van der Waals surface area contributed by atoms with Crippen LogP contribution < -0.4 is 10.6 Å². The van der Waals surface area contributed by atoms with Gasteiger partial charge in [-0.1, -0.05) is 23.2 Å². The topological polar surface area (TPSA) is 87.1 Å². The second-order valence-corrected chi connectivity index (χ2v) is 6.30. The summed E-state index contributed by atoms with van der Waals surface area (Å²) in [7, 11) is 0. The Morgan fingerprint density at radius 1 is 1.14 bits per heavy atom. The van der Waals surface area contributed by atoms with Crippen molar-refractivity contribution in [3.05, 3.63) is 51.5 Å². The fourth-order valence-corrected chi connectivity index (χ4v) is 2.62. The van der Waals surface area contributed by atoms with Crippen molar-refractivity contribution in [1.82, 2.24) is 15.3 Å². The number of nitrogens with zero attached hydrogens (tertiary/aromatic N) is 2. The average Bonchev–Trinajstić information content (AvgIpc) is 2.61. The Labute approximate surface area is 168 Å². The van der Waals surface area contributed by atoms with E-state index < -0.39 is 52.5 Å². The van der Waals surface area contributed by atoms with E-state index in [-0.39, 0.29) is 11.4 Å². The predicted molar refractivity (Wildman–Crippen MR) is 90.4 cm³/mol. The SMILES string of the molecule is O=C(NCc1ccnc(C(F)(F)F)n1)Nc1c(Cl)cc([C@H](O)C(F)(F)F)cc1Cl. The first-order valence-electron chi connectivity index (χ1n) is 7.46. The van der Waals surface area contributed by atoms with Crippen molar-refractivity contribution >= 4 is 34.9 Å². The van der Waals surface area contributed by atoms with Crippen molar-refractivity contribution in [3.63, 3.8) is 0 Å². The van der Waals surface area contributed by atoms with Gasteiger partial charge in [-0.15, -0.1) is 0 Å². The van der Waals surface area contributed by atoms with E-state index in [4.69, 9.17) is 23.2 Å². The highest BCUT2D eigenvalue weighted by atomic mass is 35.5. The molecule has 0 bridgehead atoms. The fourth-order valence-electron chi connectivity index (χ4n) is 2.02. The van der Waals surface area contributed by atoms with Crippen molar-refractivity contribution in [2.75, 3.05) is 5.32 Å². The molecule has 2 aromatic rings. The summed E-state index contributed by atoms with van der Waals surface area (Å²) in [6, 6.07) is 1.70. The molecule has 0 saturated carbocycles. The molecule has 3 N–H and O–H groups in total. The summed E-state index contributed by atoms with van der Waals surface area (Å²) < 4.78 is 75.4. The van der Waals surface area contributed by atoms with Crippen LogP contribution in [-0.2, 0) is 12.7 Å². The first-order valence-corrected chi connectivity index (χ1v) is 8.22. The summed E-state index contributed by atoms with van der Waals surface area (Å²) >= 11 is 11.6. The zero-order valence-electron chi connectivity index (χ0n) is 13.9. The number of benzene rings is 1. The predicted octanol–water partition coefficient (Wildman–Crippen LogP) is 4.72. The largest absolute Gasteiger partial charge is 0.451 e. The van der Waals surface area contributed by atoms with Gasteiger partial charge in [-0.25, -0.2) is 14.8 Å². The van der Waals surface area contributed by atoms with Crippen molar-refractivity contribution in [1.29, 1.82) is 0 Å². The molecule has 1 heterocycles. The third-order valence-corrected chi connectivity index (χ3v) is 3.92. The van der Waals surface area contributed by atoms with Gasteiger partial charge in [-0.3, -0.25) is 0 Å². The van der Waals surface area contributed by atoms with Crippen LogP contribution in [0.25, 0.3) is 0 Å². The van der Waals surface area contributed by atoms with E-state index in [0.29, 0.717) is 0 Å². The van der Waals surface area contributed by atoms with Gasteiger partial charge in [-0.05, 0) is 23.8 Å². The zero-order valence-corrected chi connectivity index (χ0v) is 15.4. The molecule has 0 aliphatic rings. The number of hydrogen-bond donors (Lipinski definition) is 3. The summed E-state index contributed by atoms with van der Waals surface area (Å²) in [5.74, 6) is -1.39. The molecule has 0 unspecified atom stereocenters. The molecule has 6 nitrogen and oxygen atoms in total. The number of rotatable bonds is 4. The molecule has 0 aliphatic carbocycles. The van der Waals surface area contributed by atoms with Gasteiger partial charge in [0, 0.05) is 6.20 Å². The Morgan fingerprint density at radius 2 is 1.72 bits per heavy atom. The lowest BCUT2D eigenvalue weighted by atomic mass is 10.1. The standard InChI is InChI=1S/C15H10Cl2F6N4O2/c16-8-3-6(11(28)14(18,19)20)4-9(17)10(8)27-13(29)25-5-7-1-2-24-12(26-7)15(21,22)23/h1-4,11,28H,5H2,(H2,25,27,29)/t11-/m0/s1. The Bertz CT molecular complexity index is 884. The van der Waals surface area contributed by atoms with Crippen LogP contribution in [0.4, 0.5) is 36.8 Å². The summed E-state index contributed by atoms with van der Waals surface area (Å²) in [6.45, 7) is -0.419. The smallest absolute Gasteiger partial charge is 0.379 e. The number of anilines is 1. The molecular weight excluding hydrogens is 453 g/mol. The van der Waals surface area contributed by atoms with Crippen LogP contribution in [0, 0.1) is 0 Å². The van der Waals surface area contributed by atoms with Crippen LogP contribution in [0.1, 0.15) is 23.2 Å². The molecule has 0 aliphatic heterocycles. The Morgan fingerprint density at radius 3 is 2.24 bits per heavy atom. The molecule has 1 aromatic carbocycles. The molecule has 0 fully saturated rings. The van der Waals surface area contributed by atoms with Crippen molar-refractivity contribution < 1.29 is 36.2 Å². The van der Waals surface area contributed by atoms with Gasteiger partial charge in [0.1, 0.15) is 0 Å². The van der Waals surface area contributed by atoms with Crippen LogP contribution >= 0.6 is 23.2 Å². The highest BCUT2D eigenvalue weighted by Crippen LogP contribution is 2.38. The number of halogens is 8. The number of nitrogens with one attached hydrogen (secondary N) is 2. The first-order chi connectivity index (χ1) is 13.3. The summed E-state index contributed by atoms with van der Waals surface area (Å²) in [5, 5.41) is 12.8. The maximum absolute atomic E-state index is 12.6. The van der Waals surface area contributed by atoms with Gasteiger partial charge < -0.3 is 15.7 Å². The third kappa shape index (κ3) is 6.08. The van der Waals surface area contributed by atoms with Gasteiger partial charge in [0.05, 0.1) is 28.0 Å². The van der Waals surface area contributed by atoms with E-state index in [0.717, 1.165) is 24.4 Å². The highest BCUT2D eigenvalue weighted by molar-refractivity contribution is 6.39. The van der Waals surface area contributed by atoms with Gasteiger partial charge in [0.2, 0.25) is 5.82 Å². The molecule has 1 atom stereocenters. The van der Waals surface area contributed by atoms with Crippen molar-refractivity contribution in [2.45, 2.75) is 25.0 Å². The van der Waals surface area contributed by atoms with Gasteiger partial charge in [0.15, 0.2) is 6.10 Å². The zero-order chi connectivity index (χ0) is 22.0. The van der Waals surface area contributed by atoms with E-state index in [2.05, 4.69) is 20.6 Å². The molecule has 2 amide bonds. The minimum Gasteiger partial charge on any atom is -0.379 e. The van der Waals surface area contributed by atoms with Crippen LogP contribution in [0.2, 0.25) is 10.0 Å². The molecule has 14 heteroatoms. The number of carbonyl (C=O) groups excluding carboxylic acids is 1. The monoisotopic (exact) mass is 462 g/mol. The number of aromatic nitrogens is 2. The van der Waals surface area contributed by atoms with Crippen molar-refractivity contribution in [2.24, 2.45) is 0 Å². The van der Waals surface area contributed by atoms with Crippen LogP contribution in [0.5, 0.6) is 0 Å². The van der Waals surface area contributed by atoms with E-state index in [1.165, 1.54) is 0 Å². The second-order valence-electron chi connectivity index (χ2n) is 5.48. The number of hydrogen-bond acceptors (Lipinski definition) is 4. The second kappa shape index (κ2) is 8.59. The Kier molecular flexibility index (Phi) is 6.81. The Balaban J connectivity index is 2.08. The summed E-state index contributed by atoms with van der Waals surface area (Å²) in [4.78, 5) is 18.2. The van der Waals surface area contributed by atoms with E-state index in [1.807, 2.05) is 0 Å². The molecule has 1 aromatic heterocycles. The third-order valence-electron chi connectivity index (χ3n) is 3.33. The van der Waals surface area contributed by atoms with Gasteiger partial charge in [-0.2, -0.15) is 26.3 Å². The van der Waals surface area contributed by atoms with E-state index in [1.54, 1.807) is 0 Å². The fraction of sp³-hybridized carbons (Fsp3) is 0.267. The van der Waals surface area contributed by atoms with Gasteiger partial charge >= 0.3 is 18.4 Å². The summed E-state index contributed by atoms with van der Waals surface area (Å²) in [6.07, 6.45) is -11.7. The highest BCUT2D eigenvalue weighted by Gasteiger charge is 2.40. The maximum atomic E-state index is 12.6. The number of alkyl halides is 6. The number of aliphatic hydroxyl groups excluding tert-OH is 1.